The first-order valence-corrected chi connectivity index (χ1v) is 8.97. The van der Waals surface area contributed by atoms with Gasteiger partial charge in [0.15, 0.2) is 0 Å². The zero-order valence-electron chi connectivity index (χ0n) is 13.4. The van der Waals surface area contributed by atoms with Crippen molar-refractivity contribution in [2.75, 3.05) is 13.6 Å². The van der Waals surface area contributed by atoms with E-state index in [1.807, 2.05) is 53.9 Å². The summed E-state index contributed by atoms with van der Waals surface area (Å²) in [7, 11) is 1.94. The first kappa shape index (κ1) is 16.2. The van der Waals surface area contributed by atoms with Crippen LogP contribution in [0.5, 0.6) is 0 Å². The molecule has 25 heavy (non-hydrogen) atoms. The van der Waals surface area contributed by atoms with Crippen LogP contribution < -0.4 is 0 Å². The fourth-order valence-electron chi connectivity index (χ4n) is 2.85. The molecule has 0 saturated heterocycles. The van der Waals surface area contributed by atoms with Crippen molar-refractivity contribution in [2.24, 2.45) is 0 Å². The molecule has 7 heteroatoms. The lowest BCUT2D eigenvalue weighted by molar-refractivity contribution is 0.0815. The van der Waals surface area contributed by atoms with E-state index in [4.69, 9.17) is 11.6 Å². The zero-order chi connectivity index (χ0) is 17.4. The summed E-state index contributed by atoms with van der Waals surface area (Å²) in [5.74, 6) is 0. The van der Waals surface area contributed by atoms with E-state index in [2.05, 4.69) is 15.0 Å². The van der Waals surface area contributed by atoms with E-state index in [9.17, 15) is 5.11 Å². The highest BCUT2D eigenvalue weighted by molar-refractivity contribution is 7.13. The average molecular weight is 371 g/mol. The summed E-state index contributed by atoms with van der Waals surface area (Å²) in [6.07, 6.45) is 5.33. The molecule has 3 heterocycles. The van der Waals surface area contributed by atoms with Crippen molar-refractivity contribution in [3.05, 3.63) is 65.0 Å². The van der Waals surface area contributed by atoms with Gasteiger partial charge < -0.3 is 10.0 Å². The van der Waals surface area contributed by atoms with Crippen molar-refractivity contribution in [3.8, 4) is 22.0 Å². The van der Waals surface area contributed by atoms with E-state index in [-0.39, 0.29) is 5.28 Å². The molecule has 126 valence electrons. The molecule has 1 aliphatic heterocycles. The number of likely N-dealkylation sites (N-methyl/N-ethyl adjacent to an activating group) is 1. The molecule has 0 fully saturated rings. The summed E-state index contributed by atoms with van der Waals surface area (Å²) in [6, 6.07) is 9.63. The summed E-state index contributed by atoms with van der Waals surface area (Å²) in [4.78, 5) is 14.7. The van der Waals surface area contributed by atoms with Crippen LogP contribution in [-0.2, 0) is 5.60 Å². The molecule has 1 aromatic carbocycles. The smallest absolute Gasteiger partial charge is 0.222 e. The van der Waals surface area contributed by atoms with Gasteiger partial charge in [-0.15, -0.1) is 11.3 Å². The minimum atomic E-state index is -0.967. The number of thiazole rings is 1. The van der Waals surface area contributed by atoms with E-state index >= 15 is 0 Å². The average Bonchev–Trinajstić information content (AvgIpc) is 3.23. The number of halogens is 1. The molecule has 1 atom stereocenters. The van der Waals surface area contributed by atoms with Gasteiger partial charge in [0.25, 0.3) is 0 Å². The third kappa shape index (κ3) is 3.16. The molecule has 0 saturated carbocycles. The molecule has 5 nitrogen and oxygen atoms in total. The molecule has 0 bridgehead atoms. The second-order valence-corrected chi connectivity index (χ2v) is 7.18. The van der Waals surface area contributed by atoms with Gasteiger partial charge in [-0.1, -0.05) is 18.2 Å². The van der Waals surface area contributed by atoms with Crippen LogP contribution in [0.25, 0.3) is 22.0 Å². The maximum atomic E-state index is 10.8. The molecule has 0 unspecified atom stereocenters. The van der Waals surface area contributed by atoms with Crippen molar-refractivity contribution in [1.82, 2.24) is 19.9 Å². The molecule has 0 aliphatic carbocycles. The highest BCUT2D eigenvalue weighted by Crippen LogP contribution is 2.33. The molecule has 0 amide bonds. The number of rotatable bonds is 3. The Bertz CT molecular complexity index is 958. The van der Waals surface area contributed by atoms with Crippen LogP contribution in [0.1, 0.15) is 5.56 Å². The van der Waals surface area contributed by atoms with Crippen LogP contribution in [0.4, 0.5) is 0 Å². The van der Waals surface area contributed by atoms with Gasteiger partial charge in [-0.25, -0.2) is 15.0 Å². The Morgan fingerprint density at radius 1 is 1.24 bits per heavy atom. The fourth-order valence-corrected chi connectivity index (χ4v) is 3.80. The lowest BCUT2D eigenvalue weighted by atomic mass is 9.94. The quantitative estimate of drug-likeness (QED) is 0.714. The van der Waals surface area contributed by atoms with Gasteiger partial charge in [0.05, 0.1) is 12.2 Å². The van der Waals surface area contributed by atoms with Gasteiger partial charge >= 0.3 is 0 Å². The van der Waals surface area contributed by atoms with E-state index in [0.717, 1.165) is 21.8 Å². The maximum Gasteiger partial charge on any atom is 0.222 e. The largest absolute Gasteiger partial charge is 0.379 e. The number of hydrogen-bond donors (Lipinski definition) is 1. The third-order valence-electron chi connectivity index (χ3n) is 4.10. The van der Waals surface area contributed by atoms with Crippen molar-refractivity contribution < 1.29 is 5.11 Å². The normalized spacial score (nSPS) is 19.6. The molecule has 2 aromatic heterocycles. The molecule has 1 N–H and O–H groups in total. The van der Waals surface area contributed by atoms with Crippen molar-refractivity contribution in [3.63, 3.8) is 0 Å². The van der Waals surface area contributed by atoms with Crippen LogP contribution >= 0.6 is 22.9 Å². The second-order valence-electron chi connectivity index (χ2n) is 5.98. The molecule has 0 spiro atoms. The summed E-state index contributed by atoms with van der Waals surface area (Å²) < 4.78 is 0. The van der Waals surface area contributed by atoms with Crippen molar-refractivity contribution >= 4 is 22.9 Å². The Hall–Kier alpha value is -2.28. The Morgan fingerprint density at radius 3 is 2.88 bits per heavy atom. The summed E-state index contributed by atoms with van der Waals surface area (Å²) in [6.45, 7) is 0.541. The van der Waals surface area contributed by atoms with Crippen LogP contribution in [0.2, 0.25) is 5.28 Å². The van der Waals surface area contributed by atoms with Gasteiger partial charge in [0.2, 0.25) is 5.28 Å². The van der Waals surface area contributed by atoms with E-state index < -0.39 is 5.60 Å². The van der Waals surface area contributed by atoms with Gasteiger partial charge in [0, 0.05) is 24.2 Å². The first-order chi connectivity index (χ1) is 12.0. The lowest BCUT2D eigenvalue weighted by Crippen LogP contribution is -2.29. The molecule has 4 rings (SSSR count). The minimum Gasteiger partial charge on any atom is -0.379 e. The Labute approximate surface area is 154 Å². The number of aliphatic hydroxyl groups is 1. The third-order valence-corrected chi connectivity index (χ3v) is 5.17. The Balaban J connectivity index is 1.67. The van der Waals surface area contributed by atoms with Crippen LogP contribution in [0.3, 0.4) is 0 Å². The SMILES string of the molecule is CN1C=C[C@@](O)(c2cccc(-c3nc(-c4ccnc(Cl)n4)cs3)c2)C1. The van der Waals surface area contributed by atoms with Gasteiger partial charge in [-0.3, -0.25) is 0 Å². The van der Waals surface area contributed by atoms with E-state index in [1.165, 1.54) is 11.3 Å². The molecule has 0 radical (unpaired) electrons. The monoisotopic (exact) mass is 370 g/mol. The van der Waals surface area contributed by atoms with Crippen molar-refractivity contribution in [1.29, 1.82) is 0 Å². The maximum absolute atomic E-state index is 10.8. The summed E-state index contributed by atoms with van der Waals surface area (Å²) in [5.41, 5.74) is 2.30. The van der Waals surface area contributed by atoms with E-state index in [0.29, 0.717) is 12.2 Å². The van der Waals surface area contributed by atoms with Crippen LogP contribution in [-0.4, -0.2) is 38.6 Å². The lowest BCUT2D eigenvalue weighted by Gasteiger charge is -2.23. The molecule has 3 aromatic rings. The Kier molecular flexibility index (Phi) is 4.03. The molecular formula is C18H15ClN4OS. The predicted molar refractivity (Wildman–Crippen MR) is 99.3 cm³/mol. The van der Waals surface area contributed by atoms with Gasteiger partial charge in [0.1, 0.15) is 16.3 Å². The molecular weight excluding hydrogens is 356 g/mol. The van der Waals surface area contributed by atoms with Crippen LogP contribution in [0.15, 0.2) is 54.2 Å². The number of hydrogen-bond acceptors (Lipinski definition) is 6. The zero-order valence-corrected chi connectivity index (χ0v) is 15.0. The number of aromatic nitrogens is 3. The van der Waals surface area contributed by atoms with Crippen molar-refractivity contribution in [2.45, 2.75) is 5.60 Å². The number of nitrogens with zero attached hydrogens (tertiary/aromatic N) is 4. The number of β-amino-alcohol motifs (C(OH)–C–C–N with tert-alkyl or cyclic N) is 1. The minimum absolute atomic E-state index is 0.202. The fraction of sp³-hybridized carbons (Fsp3) is 0.167. The standard InChI is InChI=1S/C18H15ClN4OS/c1-23-8-6-18(24,11-23)13-4-2-3-12(9-13)16-21-15(10-25-16)14-5-7-20-17(19)22-14/h2-10,24H,11H2,1H3/t18-/m0/s1. The topological polar surface area (TPSA) is 62.1 Å². The van der Waals surface area contributed by atoms with Gasteiger partial charge in [-0.2, -0.15) is 0 Å². The van der Waals surface area contributed by atoms with Gasteiger partial charge in [-0.05, 0) is 41.6 Å². The van der Waals surface area contributed by atoms with Crippen LogP contribution in [0, 0.1) is 0 Å². The molecule has 1 aliphatic rings. The highest BCUT2D eigenvalue weighted by atomic mass is 35.5. The second kappa shape index (κ2) is 6.22. The summed E-state index contributed by atoms with van der Waals surface area (Å²) in [5, 5.41) is 13.9. The predicted octanol–water partition coefficient (Wildman–Crippen LogP) is 3.57. The Morgan fingerprint density at radius 2 is 2.12 bits per heavy atom. The highest BCUT2D eigenvalue weighted by Gasteiger charge is 2.31. The van der Waals surface area contributed by atoms with E-state index in [1.54, 1.807) is 12.3 Å². The number of benzene rings is 1. The summed E-state index contributed by atoms with van der Waals surface area (Å²) >= 11 is 7.38. The first-order valence-electron chi connectivity index (χ1n) is 7.71.